The monoisotopic (exact) mass is 375 g/mol. The van der Waals surface area contributed by atoms with Crippen molar-refractivity contribution in [1.82, 2.24) is 10.3 Å². The van der Waals surface area contributed by atoms with Crippen LogP contribution in [0.25, 0.3) is 10.2 Å². The second-order valence-electron chi connectivity index (χ2n) is 5.46. The number of amides is 1. The van der Waals surface area contributed by atoms with E-state index in [1.165, 1.54) is 11.3 Å². The number of thiazole rings is 1. The molecule has 126 valence electrons. The van der Waals surface area contributed by atoms with Gasteiger partial charge in [0.05, 0.1) is 10.2 Å². The second-order valence-corrected chi connectivity index (χ2v) is 8.81. The molecule has 1 aliphatic heterocycles. The number of piperidine rings is 1. The number of carbonyl (C=O) groups excluding carboxylic acids is 1. The van der Waals surface area contributed by atoms with E-state index in [0.717, 1.165) is 16.5 Å². The molecule has 1 aromatic carbocycles. The lowest BCUT2D eigenvalue weighted by molar-refractivity contribution is -0.119. The number of anilines is 1. The number of fused-ring (bicyclic) bond motifs is 1. The Morgan fingerprint density at radius 2 is 1.96 bits per heavy atom. The van der Waals surface area contributed by atoms with Crippen molar-refractivity contribution in [1.29, 1.82) is 0 Å². The summed E-state index contributed by atoms with van der Waals surface area (Å²) in [4.78, 5) is 17.0. The van der Waals surface area contributed by atoms with Gasteiger partial charge in [0.2, 0.25) is 5.91 Å². The van der Waals surface area contributed by atoms with Crippen molar-refractivity contribution >= 4 is 54.8 Å². The van der Waals surface area contributed by atoms with Gasteiger partial charge in [-0.2, -0.15) is 0 Å². The Hall–Kier alpha value is -1.22. The number of nitrogens with one attached hydrogen (secondary N) is 2. The van der Waals surface area contributed by atoms with E-state index in [2.05, 4.69) is 15.6 Å². The van der Waals surface area contributed by atoms with E-state index in [4.69, 9.17) is 0 Å². The van der Waals surface area contributed by atoms with Gasteiger partial charge in [-0.1, -0.05) is 23.5 Å². The predicted octanol–water partition coefficient (Wildman–Crippen LogP) is 1.82. The average Bonchev–Trinajstić information content (AvgIpc) is 2.89. The molecule has 2 heterocycles. The van der Waals surface area contributed by atoms with Gasteiger partial charge in [0.1, 0.15) is 0 Å². The second kappa shape index (κ2) is 6.72. The predicted molar refractivity (Wildman–Crippen MR) is 95.2 cm³/mol. The fourth-order valence-electron chi connectivity index (χ4n) is 2.73. The molecule has 1 saturated heterocycles. The molecule has 1 fully saturated rings. The number of benzene rings is 1. The quantitative estimate of drug-likeness (QED) is 0.854. The van der Waals surface area contributed by atoms with Gasteiger partial charge in [-0.3, -0.25) is 4.79 Å². The molecule has 0 unspecified atom stereocenters. The molecule has 0 atom stereocenters. The first-order valence-corrected chi connectivity index (χ1v) is 9.70. The number of rotatable bonds is 3. The Kier molecular flexibility index (Phi) is 5.30. The molecule has 6 nitrogen and oxygen atoms in total. The Morgan fingerprint density at radius 1 is 1.30 bits per heavy atom. The zero-order chi connectivity index (χ0) is 15.8. The molecule has 1 amide bonds. The van der Waals surface area contributed by atoms with Crippen LogP contribution in [0, 0.1) is 0 Å². The average molecular weight is 376 g/mol. The van der Waals surface area contributed by atoms with Crippen molar-refractivity contribution in [3.63, 3.8) is 0 Å². The van der Waals surface area contributed by atoms with Crippen molar-refractivity contribution in [3.05, 3.63) is 24.3 Å². The minimum absolute atomic E-state index is 0. The van der Waals surface area contributed by atoms with Gasteiger partial charge in [-0.15, -0.1) is 12.4 Å². The largest absolute Gasteiger partial charge is 0.317 e. The minimum atomic E-state index is -3.51. The summed E-state index contributed by atoms with van der Waals surface area (Å²) in [6.45, 7) is 1.03. The van der Waals surface area contributed by atoms with Crippen LogP contribution in [0.1, 0.15) is 12.8 Å². The molecule has 0 aliphatic carbocycles. The molecule has 9 heteroatoms. The number of nitrogens with zero attached hydrogens (tertiary/aromatic N) is 1. The smallest absolute Gasteiger partial charge is 0.247 e. The van der Waals surface area contributed by atoms with E-state index in [9.17, 15) is 13.2 Å². The maximum absolute atomic E-state index is 12.7. The Balaban J connectivity index is 0.00000192. The SMILES string of the molecule is CS(=O)(=O)C1(C(=O)Nc2nc3ccccc3s2)CCNCC1.Cl. The maximum Gasteiger partial charge on any atom is 0.247 e. The molecular weight excluding hydrogens is 358 g/mol. The normalized spacial score (nSPS) is 17.4. The van der Waals surface area contributed by atoms with E-state index >= 15 is 0 Å². The van der Waals surface area contributed by atoms with E-state index in [0.29, 0.717) is 18.2 Å². The van der Waals surface area contributed by atoms with Gasteiger partial charge in [-0.05, 0) is 38.1 Å². The number of aromatic nitrogens is 1. The first-order chi connectivity index (χ1) is 10.4. The van der Waals surface area contributed by atoms with Crippen LogP contribution in [0.3, 0.4) is 0 Å². The van der Waals surface area contributed by atoms with E-state index in [1.807, 2.05) is 24.3 Å². The number of sulfone groups is 1. The number of halogens is 1. The van der Waals surface area contributed by atoms with Crippen LogP contribution in [0.2, 0.25) is 0 Å². The molecule has 3 rings (SSSR count). The van der Waals surface area contributed by atoms with Crippen LogP contribution in [0.5, 0.6) is 0 Å². The lowest BCUT2D eigenvalue weighted by Crippen LogP contribution is -2.55. The Morgan fingerprint density at radius 3 is 2.57 bits per heavy atom. The van der Waals surface area contributed by atoms with Crippen molar-refractivity contribution in [2.75, 3.05) is 24.7 Å². The molecule has 0 bridgehead atoms. The summed E-state index contributed by atoms with van der Waals surface area (Å²) < 4.78 is 24.0. The number of hydrogen-bond donors (Lipinski definition) is 2. The van der Waals surface area contributed by atoms with Gasteiger partial charge >= 0.3 is 0 Å². The first kappa shape index (κ1) is 18.1. The van der Waals surface area contributed by atoms with Crippen LogP contribution < -0.4 is 10.6 Å². The molecular formula is C14H18ClN3O3S2. The highest BCUT2D eigenvalue weighted by Gasteiger charge is 2.48. The summed E-state index contributed by atoms with van der Waals surface area (Å²) in [5, 5.41) is 6.24. The van der Waals surface area contributed by atoms with Gasteiger partial charge in [0.15, 0.2) is 19.7 Å². The molecule has 23 heavy (non-hydrogen) atoms. The zero-order valence-corrected chi connectivity index (χ0v) is 15.0. The van der Waals surface area contributed by atoms with Gasteiger partial charge < -0.3 is 10.6 Å². The summed E-state index contributed by atoms with van der Waals surface area (Å²) in [6, 6.07) is 7.55. The Labute approximate surface area is 145 Å². The number of carbonyl (C=O) groups is 1. The lowest BCUT2D eigenvalue weighted by atomic mass is 9.96. The lowest BCUT2D eigenvalue weighted by Gasteiger charge is -2.33. The highest BCUT2D eigenvalue weighted by molar-refractivity contribution is 7.92. The third-order valence-corrected chi connectivity index (χ3v) is 7.01. The van der Waals surface area contributed by atoms with Gasteiger partial charge in [-0.25, -0.2) is 13.4 Å². The summed E-state index contributed by atoms with van der Waals surface area (Å²) in [7, 11) is -3.51. The first-order valence-electron chi connectivity index (χ1n) is 7.00. The van der Waals surface area contributed by atoms with Crippen LogP contribution in [0.15, 0.2) is 24.3 Å². The van der Waals surface area contributed by atoms with E-state index in [-0.39, 0.29) is 25.2 Å². The van der Waals surface area contributed by atoms with Crippen molar-refractivity contribution in [2.24, 2.45) is 0 Å². The standard InChI is InChI=1S/C14H17N3O3S2.ClH/c1-22(19,20)14(6-8-15-9-7-14)12(18)17-13-16-10-4-2-3-5-11(10)21-13;/h2-5,15H,6-9H2,1H3,(H,16,17,18);1H. The van der Waals surface area contributed by atoms with Crippen LogP contribution in [0.4, 0.5) is 5.13 Å². The van der Waals surface area contributed by atoms with Crippen LogP contribution in [-0.2, 0) is 14.6 Å². The third-order valence-electron chi connectivity index (χ3n) is 4.05. The topological polar surface area (TPSA) is 88.2 Å². The zero-order valence-electron chi connectivity index (χ0n) is 12.5. The van der Waals surface area contributed by atoms with Crippen LogP contribution in [-0.4, -0.2) is 43.4 Å². The van der Waals surface area contributed by atoms with Crippen LogP contribution >= 0.6 is 23.7 Å². The molecule has 0 spiro atoms. The Bertz CT molecular complexity index is 781. The molecule has 2 N–H and O–H groups in total. The van der Waals surface area contributed by atoms with Gasteiger partial charge in [0.25, 0.3) is 0 Å². The summed E-state index contributed by atoms with van der Waals surface area (Å²) >= 11 is 1.35. The molecule has 1 aromatic heterocycles. The number of hydrogen-bond acceptors (Lipinski definition) is 6. The van der Waals surface area contributed by atoms with Crippen molar-refractivity contribution in [2.45, 2.75) is 17.6 Å². The number of para-hydroxylation sites is 1. The van der Waals surface area contributed by atoms with E-state index in [1.54, 1.807) is 0 Å². The van der Waals surface area contributed by atoms with Crippen molar-refractivity contribution < 1.29 is 13.2 Å². The molecule has 0 radical (unpaired) electrons. The highest BCUT2D eigenvalue weighted by atomic mass is 35.5. The van der Waals surface area contributed by atoms with Gasteiger partial charge in [0, 0.05) is 6.26 Å². The molecule has 1 aliphatic rings. The summed E-state index contributed by atoms with van der Waals surface area (Å²) in [6.07, 6.45) is 1.70. The highest BCUT2D eigenvalue weighted by Crippen LogP contribution is 2.31. The molecule has 2 aromatic rings. The minimum Gasteiger partial charge on any atom is -0.317 e. The summed E-state index contributed by atoms with van der Waals surface area (Å²) in [5.74, 6) is -0.476. The van der Waals surface area contributed by atoms with E-state index < -0.39 is 20.5 Å². The maximum atomic E-state index is 12.7. The molecule has 0 saturated carbocycles. The fourth-order valence-corrected chi connectivity index (χ4v) is 4.93. The third kappa shape index (κ3) is 3.35. The van der Waals surface area contributed by atoms with Crippen molar-refractivity contribution in [3.8, 4) is 0 Å². The fraction of sp³-hybridized carbons (Fsp3) is 0.429. The summed E-state index contributed by atoms with van der Waals surface area (Å²) in [5.41, 5.74) is 0.793.